The van der Waals surface area contributed by atoms with Gasteiger partial charge in [-0.3, -0.25) is 14.6 Å². The van der Waals surface area contributed by atoms with Gasteiger partial charge in [0.25, 0.3) is 0 Å². The van der Waals surface area contributed by atoms with Gasteiger partial charge in [0.2, 0.25) is 11.8 Å². The minimum absolute atomic E-state index is 0.0910. The minimum atomic E-state index is -0.830. The number of carbonyl (C=O) groups is 2. The quantitative estimate of drug-likeness (QED) is 0.330. The number of rotatable bonds is 8. The summed E-state index contributed by atoms with van der Waals surface area (Å²) in [5, 5.41) is 18.7. The van der Waals surface area contributed by atoms with E-state index in [0.29, 0.717) is 45.5 Å². The van der Waals surface area contributed by atoms with Crippen LogP contribution in [0.3, 0.4) is 0 Å². The molecule has 4 N–H and O–H groups in total. The molecule has 3 aromatic rings. The summed E-state index contributed by atoms with van der Waals surface area (Å²) < 4.78 is 6.13. The second-order valence-corrected chi connectivity index (χ2v) is 10.9. The third kappa shape index (κ3) is 9.03. The molecule has 2 aromatic heterocycles. The van der Waals surface area contributed by atoms with Crippen molar-refractivity contribution in [1.82, 2.24) is 25.5 Å². The first-order valence-corrected chi connectivity index (χ1v) is 15.1. The van der Waals surface area contributed by atoms with E-state index in [1.807, 2.05) is 41.7 Å². The average Bonchev–Trinajstić information content (AvgIpc) is 3.45. The van der Waals surface area contributed by atoms with Crippen molar-refractivity contribution in [2.24, 2.45) is 0 Å². The molecular weight excluding hydrogens is 518 g/mol. The third-order valence-electron chi connectivity index (χ3n) is 7.65. The number of hydrogen-bond donors (Lipinski definition) is 4. The number of nitrogens with zero attached hydrogens (tertiary/aromatic N) is 2. The zero-order chi connectivity index (χ0) is 29.0. The molecule has 0 spiro atoms. The van der Waals surface area contributed by atoms with Gasteiger partial charge in [-0.2, -0.15) is 0 Å². The van der Waals surface area contributed by atoms with E-state index in [0.717, 1.165) is 60.0 Å². The molecule has 0 radical (unpaired) electrons. The Balaban J connectivity index is 1.51. The molecule has 222 valence electrons. The van der Waals surface area contributed by atoms with E-state index in [-0.39, 0.29) is 18.2 Å². The number of H-pyrrole nitrogens is 1. The number of aliphatic hydroxyl groups excluding tert-OH is 1. The van der Waals surface area contributed by atoms with Crippen LogP contribution in [0.15, 0.2) is 42.9 Å². The summed E-state index contributed by atoms with van der Waals surface area (Å²) in [5.41, 5.74) is 4.17. The number of aliphatic hydroxyl groups is 1. The predicted octanol–water partition coefficient (Wildman–Crippen LogP) is 3.88. The Morgan fingerprint density at radius 2 is 1.98 bits per heavy atom. The molecule has 2 atom stereocenters. The Kier molecular flexibility index (Phi) is 11.6. The Labute approximate surface area is 243 Å². The third-order valence-corrected chi connectivity index (χ3v) is 7.65. The average molecular weight is 564 g/mol. The van der Waals surface area contributed by atoms with E-state index >= 15 is 0 Å². The van der Waals surface area contributed by atoms with E-state index < -0.39 is 12.1 Å². The fourth-order valence-electron chi connectivity index (χ4n) is 5.39. The van der Waals surface area contributed by atoms with Crippen molar-refractivity contribution in [3.05, 3.63) is 59.5 Å². The van der Waals surface area contributed by atoms with Crippen molar-refractivity contribution in [1.29, 1.82) is 0 Å². The van der Waals surface area contributed by atoms with Crippen molar-refractivity contribution in [3.63, 3.8) is 0 Å². The first kappa shape index (κ1) is 30.5. The molecular formula is C32H45N5O4. The number of fused-ring (bicyclic) bond motifs is 4. The molecule has 1 aliphatic heterocycles. The number of nitrogens with one attached hydrogen (secondary N) is 3. The van der Waals surface area contributed by atoms with Crippen LogP contribution in [0.25, 0.3) is 10.9 Å². The maximum atomic E-state index is 13.1. The number of carbonyl (C=O) groups excluding carboxylic acids is 2. The van der Waals surface area contributed by atoms with Crippen LogP contribution in [-0.2, 0) is 29.0 Å². The topological polar surface area (TPSA) is 120 Å². The lowest BCUT2D eigenvalue weighted by atomic mass is 9.97. The largest absolute Gasteiger partial charge is 0.494 e. The van der Waals surface area contributed by atoms with Crippen LogP contribution >= 0.6 is 0 Å². The van der Waals surface area contributed by atoms with Gasteiger partial charge in [-0.15, -0.1) is 0 Å². The molecule has 0 unspecified atom stereocenters. The molecule has 1 aliphatic rings. The first-order chi connectivity index (χ1) is 20.0. The van der Waals surface area contributed by atoms with E-state index in [1.54, 1.807) is 0 Å². The Bertz CT molecular complexity index is 1280. The highest BCUT2D eigenvalue weighted by molar-refractivity contribution is 5.85. The highest BCUT2D eigenvalue weighted by atomic mass is 16.5. The second kappa shape index (κ2) is 15.5. The number of ether oxygens (including phenoxy) is 1. The van der Waals surface area contributed by atoms with Crippen LogP contribution in [-0.4, -0.2) is 70.2 Å². The van der Waals surface area contributed by atoms with Crippen molar-refractivity contribution < 1.29 is 19.4 Å². The van der Waals surface area contributed by atoms with Crippen LogP contribution in [0, 0.1) is 0 Å². The summed E-state index contributed by atoms with van der Waals surface area (Å²) >= 11 is 0. The molecule has 2 amide bonds. The van der Waals surface area contributed by atoms with Crippen LogP contribution in [0.5, 0.6) is 5.75 Å². The zero-order valence-electron chi connectivity index (χ0n) is 24.5. The maximum absolute atomic E-state index is 13.1. The lowest BCUT2D eigenvalue weighted by Crippen LogP contribution is -2.48. The monoisotopic (exact) mass is 563 g/mol. The van der Waals surface area contributed by atoms with Gasteiger partial charge in [-0.25, -0.2) is 0 Å². The molecule has 9 heteroatoms. The van der Waals surface area contributed by atoms with E-state index in [4.69, 9.17) is 4.74 Å². The molecule has 1 aromatic carbocycles. The maximum Gasteiger partial charge on any atom is 0.222 e. The minimum Gasteiger partial charge on any atom is -0.494 e. The predicted molar refractivity (Wildman–Crippen MR) is 161 cm³/mol. The number of aryl methyl sites for hydroxylation is 1. The van der Waals surface area contributed by atoms with Crippen molar-refractivity contribution in [3.8, 4) is 5.75 Å². The van der Waals surface area contributed by atoms with Gasteiger partial charge in [0.05, 0.1) is 18.8 Å². The molecule has 0 saturated carbocycles. The summed E-state index contributed by atoms with van der Waals surface area (Å²) in [6.07, 6.45) is 9.77. The van der Waals surface area contributed by atoms with Gasteiger partial charge in [0.1, 0.15) is 5.75 Å². The smallest absolute Gasteiger partial charge is 0.222 e. The molecule has 4 rings (SSSR count). The van der Waals surface area contributed by atoms with Crippen molar-refractivity contribution in [2.45, 2.75) is 83.9 Å². The molecule has 0 saturated heterocycles. The summed E-state index contributed by atoms with van der Waals surface area (Å²) in [4.78, 5) is 35.4. The van der Waals surface area contributed by atoms with Crippen molar-refractivity contribution >= 4 is 22.7 Å². The highest BCUT2D eigenvalue weighted by Gasteiger charge is 2.24. The van der Waals surface area contributed by atoms with Gasteiger partial charge >= 0.3 is 0 Å². The van der Waals surface area contributed by atoms with Gasteiger partial charge in [-0.1, -0.05) is 19.9 Å². The Morgan fingerprint density at radius 1 is 1.12 bits per heavy atom. The SMILES string of the molecule is CCCN1CCCCOc2cc(c3cc[nH]c3c2)C[C@@H]([C@H](O)CNCc2cncc(CC)c2)NC(=O)CCCC1=O. The molecule has 3 heterocycles. The number of benzene rings is 1. The molecule has 9 nitrogen and oxygen atoms in total. The fourth-order valence-corrected chi connectivity index (χ4v) is 5.39. The van der Waals surface area contributed by atoms with E-state index in [1.165, 1.54) is 5.56 Å². The molecule has 2 bridgehead atoms. The lowest BCUT2D eigenvalue weighted by molar-refractivity contribution is -0.131. The molecule has 0 aliphatic carbocycles. The van der Waals surface area contributed by atoms with Crippen LogP contribution in [0.1, 0.15) is 69.1 Å². The van der Waals surface area contributed by atoms with E-state index in [9.17, 15) is 14.7 Å². The first-order valence-electron chi connectivity index (χ1n) is 15.1. The summed E-state index contributed by atoms with van der Waals surface area (Å²) in [6.45, 7) is 7.01. The Morgan fingerprint density at radius 3 is 2.80 bits per heavy atom. The standard InChI is InChI=1S/C32H45N5O4/c1-3-12-37-13-5-6-14-41-26-16-25(27-10-11-35-28(27)18-26)17-29(36-31(39)8-7-9-32(37)40)30(38)22-34-21-24-15-23(4-2)19-33-20-24/h10-11,15-16,18-20,29-30,34-35,38H,3-9,12-14,17,21-22H2,1-2H3,(H,36,39)/t29-,30+/m0/s1. The van der Waals surface area contributed by atoms with Gasteiger partial charge in [-0.05, 0) is 67.3 Å². The van der Waals surface area contributed by atoms with Crippen LogP contribution in [0.2, 0.25) is 0 Å². The van der Waals surface area contributed by atoms with Crippen LogP contribution < -0.4 is 15.4 Å². The lowest BCUT2D eigenvalue weighted by Gasteiger charge is -2.25. The highest BCUT2D eigenvalue weighted by Crippen LogP contribution is 2.27. The number of aromatic amines is 1. The molecule has 41 heavy (non-hydrogen) atoms. The number of hydrogen-bond acceptors (Lipinski definition) is 6. The van der Waals surface area contributed by atoms with Gasteiger partial charge in [0.15, 0.2) is 0 Å². The van der Waals surface area contributed by atoms with Crippen LogP contribution in [0.4, 0.5) is 0 Å². The van der Waals surface area contributed by atoms with Gasteiger partial charge in [0, 0.05) is 74.6 Å². The zero-order valence-corrected chi connectivity index (χ0v) is 24.5. The number of aromatic nitrogens is 2. The van der Waals surface area contributed by atoms with Crippen molar-refractivity contribution in [2.75, 3.05) is 26.2 Å². The number of pyridine rings is 1. The fraction of sp³-hybridized carbons (Fsp3) is 0.531. The normalized spacial score (nSPS) is 18.5. The number of amides is 2. The summed E-state index contributed by atoms with van der Waals surface area (Å²) in [7, 11) is 0. The molecule has 0 fully saturated rings. The second-order valence-electron chi connectivity index (χ2n) is 10.9. The van der Waals surface area contributed by atoms with E-state index in [2.05, 4.69) is 40.5 Å². The van der Waals surface area contributed by atoms with Gasteiger partial charge < -0.3 is 30.4 Å². The summed E-state index contributed by atoms with van der Waals surface area (Å²) in [6, 6.07) is 7.61. The summed E-state index contributed by atoms with van der Waals surface area (Å²) in [5.74, 6) is 0.681. The Hall–Kier alpha value is -3.43.